The summed E-state index contributed by atoms with van der Waals surface area (Å²) < 4.78 is 26.4. The van der Waals surface area contributed by atoms with Crippen molar-refractivity contribution in [2.75, 3.05) is 0 Å². The van der Waals surface area contributed by atoms with Crippen molar-refractivity contribution in [1.29, 1.82) is 0 Å². The van der Waals surface area contributed by atoms with Gasteiger partial charge < -0.3 is 0 Å². The molecule has 1 aromatic carbocycles. The standard InChI is InChI=1S/C8HBrCl2F2N2/c9-4-3(12)1-2-6(5(4)13)14-8(11)15-7(2)10/h1H. The Morgan fingerprint density at radius 1 is 1.20 bits per heavy atom. The predicted molar refractivity (Wildman–Crippen MR) is 57.2 cm³/mol. The van der Waals surface area contributed by atoms with Crippen LogP contribution in [0.4, 0.5) is 8.78 Å². The molecule has 0 unspecified atom stereocenters. The van der Waals surface area contributed by atoms with Crippen LogP contribution in [0, 0.1) is 11.6 Å². The summed E-state index contributed by atoms with van der Waals surface area (Å²) in [5.74, 6) is -1.62. The number of aromatic nitrogens is 2. The summed E-state index contributed by atoms with van der Waals surface area (Å²) in [6.07, 6.45) is 0. The Kier molecular flexibility index (Phi) is 2.79. The van der Waals surface area contributed by atoms with Gasteiger partial charge in [-0.3, -0.25) is 0 Å². The molecule has 2 rings (SSSR count). The minimum atomic E-state index is -0.851. The van der Waals surface area contributed by atoms with Crippen molar-refractivity contribution in [2.24, 2.45) is 0 Å². The smallest absolute Gasteiger partial charge is 0.215 e. The van der Waals surface area contributed by atoms with E-state index < -0.39 is 11.6 Å². The Morgan fingerprint density at radius 3 is 2.53 bits per heavy atom. The zero-order chi connectivity index (χ0) is 11.2. The van der Waals surface area contributed by atoms with Gasteiger partial charge in [0.15, 0.2) is 5.82 Å². The van der Waals surface area contributed by atoms with Gasteiger partial charge in [0.2, 0.25) is 5.28 Å². The summed E-state index contributed by atoms with van der Waals surface area (Å²) in [5.41, 5.74) is -0.117. The fourth-order valence-electron chi connectivity index (χ4n) is 1.11. The summed E-state index contributed by atoms with van der Waals surface area (Å²) in [6, 6.07) is 1.04. The van der Waals surface area contributed by atoms with Crippen LogP contribution in [0.25, 0.3) is 10.9 Å². The summed E-state index contributed by atoms with van der Waals surface area (Å²) >= 11 is 13.9. The van der Waals surface area contributed by atoms with Crippen LogP contribution in [-0.2, 0) is 0 Å². The average molecular weight is 314 g/mol. The van der Waals surface area contributed by atoms with Crippen LogP contribution in [0.15, 0.2) is 10.5 Å². The van der Waals surface area contributed by atoms with Crippen LogP contribution in [0.2, 0.25) is 10.4 Å². The average Bonchev–Trinajstić information content (AvgIpc) is 2.17. The minimum absolute atomic E-state index is 0.0827. The van der Waals surface area contributed by atoms with Gasteiger partial charge in [0.1, 0.15) is 16.5 Å². The van der Waals surface area contributed by atoms with Gasteiger partial charge in [-0.25, -0.2) is 18.7 Å². The summed E-state index contributed by atoms with van der Waals surface area (Å²) in [7, 11) is 0. The van der Waals surface area contributed by atoms with Crippen LogP contribution in [0.1, 0.15) is 0 Å². The number of fused-ring (bicyclic) bond motifs is 1. The van der Waals surface area contributed by atoms with Crippen molar-refractivity contribution >= 4 is 50.0 Å². The fourth-order valence-corrected chi connectivity index (χ4v) is 1.85. The van der Waals surface area contributed by atoms with Gasteiger partial charge in [-0.15, -0.1) is 0 Å². The molecule has 0 amide bonds. The first-order valence-corrected chi connectivity index (χ1v) is 5.22. The van der Waals surface area contributed by atoms with Gasteiger partial charge in [-0.05, 0) is 33.6 Å². The monoisotopic (exact) mass is 312 g/mol. The molecule has 1 aromatic heterocycles. The molecule has 7 heteroatoms. The third-order valence-electron chi connectivity index (χ3n) is 1.75. The molecule has 0 saturated heterocycles. The van der Waals surface area contributed by atoms with Crippen LogP contribution in [-0.4, -0.2) is 9.97 Å². The molecule has 0 saturated carbocycles. The second-order valence-corrected chi connectivity index (χ2v) is 4.16. The molecule has 2 nitrogen and oxygen atoms in total. The first kappa shape index (κ1) is 11.0. The highest BCUT2D eigenvalue weighted by molar-refractivity contribution is 9.10. The molecule has 0 bridgehead atoms. The van der Waals surface area contributed by atoms with Crippen molar-refractivity contribution in [1.82, 2.24) is 9.97 Å². The van der Waals surface area contributed by atoms with Gasteiger partial charge in [-0.1, -0.05) is 11.6 Å². The highest BCUT2D eigenvalue weighted by Gasteiger charge is 2.15. The molecule has 0 fully saturated rings. The SMILES string of the molecule is Fc1cc2c(Cl)nc(Cl)nc2c(F)c1Br. The number of hydrogen-bond acceptors (Lipinski definition) is 2. The lowest BCUT2D eigenvalue weighted by Gasteiger charge is -2.03. The van der Waals surface area contributed by atoms with E-state index in [-0.39, 0.29) is 25.8 Å². The summed E-state index contributed by atoms with van der Waals surface area (Å²) in [6.45, 7) is 0. The highest BCUT2D eigenvalue weighted by atomic mass is 79.9. The van der Waals surface area contributed by atoms with Gasteiger partial charge in [0, 0.05) is 5.39 Å². The quantitative estimate of drug-likeness (QED) is 0.418. The minimum Gasteiger partial charge on any atom is -0.215 e. The number of nitrogens with zero attached hydrogens (tertiary/aromatic N) is 2. The normalized spacial score (nSPS) is 11.0. The molecular weight excluding hydrogens is 313 g/mol. The van der Waals surface area contributed by atoms with Crippen LogP contribution < -0.4 is 0 Å². The predicted octanol–water partition coefficient (Wildman–Crippen LogP) is 3.98. The number of hydrogen-bond donors (Lipinski definition) is 0. The molecule has 0 spiro atoms. The van der Waals surface area contributed by atoms with E-state index in [0.29, 0.717) is 0 Å². The van der Waals surface area contributed by atoms with Crippen molar-refractivity contribution < 1.29 is 8.78 Å². The van der Waals surface area contributed by atoms with Crippen molar-refractivity contribution in [3.63, 3.8) is 0 Å². The Balaban J connectivity index is 2.98. The Bertz CT molecular complexity index is 562. The zero-order valence-corrected chi connectivity index (χ0v) is 9.96. The van der Waals surface area contributed by atoms with E-state index in [1.165, 1.54) is 0 Å². The second kappa shape index (κ2) is 3.81. The van der Waals surface area contributed by atoms with Crippen LogP contribution >= 0.6 is 39.1 Å². The Labute approximate surface area is 101 Å². The van der Waals surface area contributed by atoms with Crippen molar-refractivity contribution in [3.8, 4) is 0 Å². The van der Waals surface area contributed by atoms with Gasteiger partial charge in [-0.2, -0.15) is 0 Å². The van der Waals surface area contributed by atoms with E-state index in [1.807, 2.05) is 0 Å². The second-order valence-electron chi connectivity index (χ2n) is 2.67. The fraction of sp³-hybridized carbons (Fsp3) is 0. The number of halogens is 5. The molecule has 2 aromatic rings. The van der Waals surface area contributed by atoms with Crippen LogP contribution in [0.5, 0.6) is 0 Å². The lowest BCUT2D eigenvalue weighted by Crippen LogP contribution is -1.93. The number of rotatable bonds is 0. The Hall–Kier alpha value is -0.520. The van der Waals surface area contributed by atoms with Crippen LogP contribution in [0.3, 0.4) is 0 Å². The number of benzene rings is 1. The molecule has 0 aliphatic rings. The first-order valence-electron chi connectivity index (χ1n) is 3.67. The third kappa shape index (κ3) is 1.79. The zero-order valence-electron chi connectivity index (χ0n) is 6.86. The lowest BCUT2D eigenvalue weighted by molar-refractivity contribution is 0.579. The maximum Gasteiger partial charge on any atom is 0.224 e. The lowest BCUT2D eigenvalue weighted by atomic mass is 10.2. The summed E-state index contributed by atoms with van der Waals surface area (Å²) in [4.78, 5) is 7.22. The van der Waals surface area contributed by atoms with Gasteiger partial charge in [0.05, 0.1) is 4.47 Å². The van der Waals surface area contributed by atoms with Gasteiger partial charge in [0.25, 0.3) is 0 Å². The van der Waals surface area contributed by atoms with E-state index >= 15 is 0 Å². The topological polar surface area (TPSA) is 25.8 Å². The molecule has 0 radical (unpaired) electrons. The molecular formula is C8HBrCl2F2N2. The van der Waals surface area contributed by atoms with Crippen molar-refractivity contribution in [2.45, 2.75) is 0 Å². The van der Waals surface area contributed by atoms with E-state index in [9.17, 15) is 8.78 Å². The maximum absolute atomic E-state index is 13.5. The van der Waals surface area contributed by atoms with E-state index in [4.69, 9.17) is 23.2 Å². The van der Waals surface area contributed by atoms with E-state index in [2.05, 4.69) is 25.9 Å². The molecule has 0 N–H and O–H groups in total. The third-order valence-corrected chi connectivity index (χ3v) is 2.94. The molecule has 0 atom stereocenters. The molecule has 0 aliphatic carbocycles. The molecule has 1 heterocycles. The molecule has 15 heavy (non-hydrogen) atoms. The van der Waals surface area contributed by atoms with E-state index in [0.717, 1.165) is 6.07 Å². The summed E-state index contributed by atoms with van der Waals surface area (Å²) in [5, 5.41) is -0.195. The Morgan fingerprint density at radius 2 is 1.87 bits per heavy atom. The molecule has 78 valence electrons. The largest absolute Gasteiger partial charge is 0.224 e. The first-order chi connectivity index (χ1) is 7.00. The van der Waals surface area contributed by atoms with Crippen molar-refractivity contribution in [3.05, 3.63) is 32.6 Å². The van der Waals surface area contributed by atoms with Gasteiger partial charge >= 0.3 is 0 Å². The molecule has 0 aliphatic heterocycles. The van der Waals surface area contributed by atoms with E-state index in [1.54, 1.807) is 0 Å². The highest BCUT2D eigenvalue weighted by Crippen LogP contribution is 2.30. The maximum atomic E-state index is 13.5.